The van der Waals surface area contributed by atoms with Gasteiger partial charge in [-0.2, -0.15) is 0 Å². The largest absolute Gasteiger partial charge is 0.284 e. The fraction of sp³-hybridized carbons (Fsp3) is 0.0769. The van der Waals surface area contributed by atoms with Gasteiger partial charge in [-0.05, 0) is 29.8 Å². The van der Waals surface area contributed by atoms with Crippen LogP contribution in [-0.4, -0.2) is 4.92 Å². The minimum atomic E-state index is -0.366. The van der Waals surface area contributed by atoms with Gasteiger partial charge in [-0.1, -0.05) is 39.7 Å². The average molecular weight is 359 g/mol. The van der Waals surface area contributed by atoms with Crippen molar-refractivity contribution in [3.63, 3.8) is 0 Å². The first-order valence-electron chi connectivity index (χ1n) is 5.37. The lowest BCUT2D eigenvalue weighted by Crippen LogP contribution is -1.91. The predicted molar refractivity (Wildman–Crippen MR) is 81.8 cm³/mol. The van der Waals surface area contributed by atoms with Crippen LogP contribution in [0.2, 0.25) is 5.02 Å². The lowest BCUT2D eigenvalue weighted by atomic mass is 10.2. The van der Waals surface area contributed by atoms with Crippen LogP contribution in [0.4, 0.5) is 5.69 Å². The second-order valence-corrected chi connectivity index (χ2v) is 6.15. The first-order chi connectivity index (χ1) is 9.06. The topological polar surface area (TPSA) is 43.1 Å². The number of thioether (sulfide) groups is 1. The number of rotatable bonds is 4. The molecule has 0 saturated carbocycles. The van der Waals surface area contributed by atoms with Gasteiger partial charge in [0.05, 0.1) is 9.82 Å². The summed E-state index contributed by atoms with van der Waals surface area (Å²) >= 11 is 10.5. The van der Waals surface area contributed by atoms with Crippen LogP contribution in [0.3, 0.4) is 0 Å². The van der Waals surface area contributed by atoms with Crippen LogP contribution in [0.1, 0.15) is 5.56 Å². The van der Waals surface area contributed by atoms with Gasteiger partial charge in [-0.25, -0.2) is 0 Å². The first-order valence-corrected chi connectivity index (χ1v) is 7.53. The van der Waals surface area contributed by atoms with E-state index in [0.717, 1.165) is 5.56 Å². The van der Waals surface area contributed by atoms with Gasteiger partial charge in [-0.15, -0.1) is 11.8 Å². The lowest BCUT2D eigenvalue weighted by Gasteiger charge is -2.04. The van der Waals surface area contributed by atoms with Crippen LogP contribution >= 0.6 is 39.3 Å². The maximum atomic E-state index is 11.0. The van der Waals surface area contributed by atoms with E-state index in [4.69, 9.17) is 11.6 Å². The molecule has 19 heavy (non-hydrogen) atoms. The van der Waals surface area contributed by atoms with E-state index in [1.807, 2.05) is 24.3 Å². The predicted octanol–water partition coefficient (Wildman–Crippen LogP) is 5.30. The molecule has 0 aliphatic rings. The zero-order valence-electron chi connectivity index (χ0n) is 9.68. The van der Waals surface area contributed by atoms with Crippen molar-refractivity contribution in [3.05, 3.63) is 67.6 Å². The molecular weight excluding hydrogens is 350 g/mol. The Kier molecular flexibility index (Phi) is 4.85. The van der Waals surface area contributed by atoms with Crippen LogP contribution in [0.15, 0.2) is 51.8 Å². The molecular formula is C13H9BrClNO2S. The van der Waals surface area contributed by atoms with E-state index in [2.05, 4.69) is 15.9 Å². The van der Waals surface area contributed by atoms with Gasteiger partial charge >= 0.3 is 0 Å². The lowest BCUT2D eigenvalue weighted by molar-refractivity contribution is -0.387. The maximum Gasteiger partial charge on any atom is 0.284 e. The van der Waals surface area contributed by atoms with Gasteiger partial charge in [0.15, 0.2) is 0 Å². The minimum absolute atomic E-state index is 0.119. The molecule has 3 nitrogen and oxygen atoms in total. The maximum absolute atomic E-state index is 11.0. The number of halogens is 2. The molecule has 0 atom stereocenters. The molecule has 0 saturated heterocycles. The summed E-state index contributed by atoms with van der Waals surface area (Å²) < 4.78 is 0.704. The fourth-order valence-electron chi connectivity index (χ4n) is 1.50. The SMILES string of the molecule is O=[N+]([O-])c1cc(Br)ccc1SCc1ccc(Cl)cc1. The van der Waals surface area contributed by atoms with Gasteiger partial charge in [0, 0.05) is 21.3 Å². The van der Waals surface area contributed by atoms with E-state index in [1.54, 1.807) is 12.1 Å². The summed E-state index contributed by atoms with van der Waals surface area (Å²) in [6, 6.07) is 12.5. The number of hydrogen-bond acceptors (Lipinski definition) is 3. The zero-order chi connectivity index (χ0) is 13.8. The van der Waals surface area contributed by atoms with E-state index < -0.39 is 0 Å². The monoisotopic (exact) mass is 357 g/mol. The fourth-order valence-corrected chi connectivity index (χ4v) is 2.93. The van der Waals surface area contributed by atoms with Gasteiger partial charge in [0.25, 0.3) is 5.69 Å². The second kappa shape index (κ2) is 6.41. The standard InChI is InChI=1S/C13H9BrClNO2S/c14-10-3-6-13(12(7-10)16(17)18)19-8-9-1-4-11(15)5-2-9/h1-7H,8H2. The molecule has 0 N–H and O–H groups in total. The van der Waals surface area contributed by atoms with E-state index in [1.165, 1.54) is 17.8 Å². The van der Waals surface area contributed by atoms with Crippen molar-refractivity contribution in [2.75, 3.05) is 0 Å². The number of hydrogen-bond donors (Lipinski definition) is 0. The molecule has 0 unspecified atom stereocenters. The van der Waals surface area contributed by atoms with Crippen LogP contribution in [0.5, 0.6) is 0 Å². The summed E-state index contributed by atoms with van der Waals surface area (Å²) in [5, 5.41) is 11.7. The Morgan fingerprint density at radius 1 is 1.21 bits per heavy atom. The Morgan fingerprint density at radius 2 is 1.89 bits per heavy atom. The Labute approximate surface area is 128 Å². The van der Waals surface area contributed by atoms with Crippen molar-refractivity contribution in [3.8, 4) is 0 Å². The molecule has 6 heteroatoms. The highest BCUT2D eigenvalue weighted by atomic mass is 79.9. The molecule has 0 aliphatic heterocycles. The summed E-state index contributed by atoms with van der Waals surface area (Å²) in [6.45, 7) is 0. The summed E-state index contributed by atoms with van der Waals surface area (Å²) in [5.74, 6) is 0.666. The summed E-state index contributed by atoms with van der Waals surface area (Å²) in [7, 11) is 0. The Morgan fingerprint density at radius 3 is 2.53 bits per heavy atom. The smallest absolute Gasteiger partial charge is 0.258 e. The molecule has 98 valence electrons. The summed E-state index contributed by atoms with van der Waals surface area (Å²) in [6.07, 6.45) is 0. The highest BCUT2D eigenvalue weighted by Crippen LogP contribution is 2.33. The quantitative estimate of drug-likeness (QED) is 0.423. The third-order valence-electron chi connectivity index (χ3n) is 2.43. The van der Waals surface area contributed by atoms with Crippen molar-refractivity contribution < 1.29 is 4.92 Å². The van der Waals surface area contributed by atoms with Crippen molar-refractivity contribution in [1.82, 2.24) is 0 Å². The van der Waals surface area contributed by atoms with E-state index >= 15 is 0 Å². The molecule has 2 aromatic rings. The van der Waals surface area contributed by atoms with Crippen molar-refractivity contribution in [2.24, 2.45) is 0 Å². The molecule has 0 fully saturated rings. The average Bonchev–Trinajstić information content (AvgIpc) is 2.39. The first kappa shape index (κ1) is 14.4. The van der Waals surface area contributed by atoms with Crippen LogP contribution in [0, 0.1) is 10.1 Å². The number of nitro benzene ring substituents is 1. The van der Waals surface area contributed by atoms with Crippen LogP contribution in [-0.2, 0) is 5.75 Å². The molecule has 0 aromatic heterocycles. The Bertz CT molecular complexity index is 604. The number of nitro groups is 1. The van der Waals surface area contributed by atoms with Crippen LogP contribution < -0.4 is 0 Å². The highest BCUT2D eigenvalue weighted by Gasteiger charge is 2.14. The van der Waals surface area contributed by atoms with Crippen molar-refractivity contribution in [2.45, 2.75) is 10.6 Å². The molecule has 0 amide bonds. The van der Waals surface area contributed by atoms with Gasteiger partial charge in [0.1, 0.15) is 0 Å². The van der Waals surface area contributed by atoms with Gasteiger partial charge in [0.2, 0.25) is 0 Å². The molecule has 2 rings (SSSR count). The molecule has 0 radical (unpaired) electrons. The normalized spacial score (nSPS) is 10.4. The molecule has 2 aromatic carbocycles. The van der Waals surface area contributed by atoms with E-state index in [9.17, 15) is 10.1 Å². The third kappa shape index (κ3) is 3.96. The summed E-state index contributed by atoms with van der Waals surface area (Å²) in [5.41, 5.74) is 1.19. The van der Waals surface area contributed by atoms with Crippen LogP contribution in [0.25, 0.3) is 0 Å². The second-order valence-electron chi connectivity index (χ2n) is 3.78. The Balaban J connectivity index is 2.15. The summed E-state index contributed by atoms with van der Waals surface area (Å²) in [4.78, 5) is 11.3. The van der Waals surface area contributed by atoms with Gasteiger partial charge in [-0.3, -0.25) is 10.1 Å². The van der Waals surface area contributed by atoms with Gasteiger partial charge < -0.3 is 0 Å². The van der Waals surface area contributed by atoms with E-state index in [0.29, 0.717) is 20.1 Å². The minimum Gasteiger partial charge on any atom is -0.258 e. The molecule has 0 heterocycles. The van der Waals surface area contributed by atoms with Crippen molar-refractivity contribution in [1.29, 1.82) is 0 Å². The third-order valence-corrected chi connectivity index (χ3v) is 4.30. The molecule has 0 bridgehead atoms. The molecule has 0 aliphatic carbocycles. The number of benzene rings is 2. The highest BCUT2D eigenvalue weighted by molar-refractivity contribution is 9.10. The van der Waals surface area contributed by atoms with Crippen molar-refractivity contribution >= 4 is 45.0 Å². The Hall–Kier alpha value is -1.04. The molecule has 0 spiro atoms. The van der Waals surface area contributed by atoms with E-state index in [-0.39, 0.29) is 10.6 Å². The zero-order valence-corrected chi connectivity index (χ0v) is 12.8. The number of nitrogens with zero attached hydrogens (tertiary/aromatic N) is 1.